The van der Waals surface area contributed by atoms with Gasteiger partial charge in [-0.05, 0) is 26.2 Å². The second-order valence-corrected chi connectivity index (χ2v) is 3.12. The monoisotopic (exact) mass is 217 g/mol. The van der Waals surface area contributed by atoms with Crippen LogP contribution in [0, 0.1) is 6.61 Å². The third kappa shape index (κ3) is 5.59. The highest BCUT2D eigenvalue weighted by Crippen LogP contribution is 2.13. The fraction of sp³-hybridized carbons (Fsp3) is 0.800. The Bertz CT molecular complexity index is 177. The van der Waals surface area contributed by atoms with Gasteiger partial charge in [-0.3, -0.25) is 0 Å². The molecule has 0 N–H and O–H groups in total. The Morgan fingerprint density at radius 3 is 3.00 bits per heavy atom. The minimum atomic E-state index is -0.703. The standard InChI is InChI=1S/C10H17O5/c1-2-12-10(11)15-8-7-14-9-5-3-4-6-13-9/h2,9H,3-8H2,1H3. The molecule has 0 aromatic heterocycles. The van der Waals surface area contributed by atoms with Gasteiger partial charge in [-0.2, -0.15) is 0 Å². The summed E-state index contributed by atoms with van der Waals surface area (Å²) in [5.41, 5.74) is 0. The van der Waals surface area contributed by atoms with E-state index in [1.54, 1.807) is 6.92 Å². The Morgan fingerprint density at radius 2 is 2.33 bits per heavy atom. The minimum absolute atomic E-state index is 0.142. The number of hydrogen-bond donors (Lipinski definition) is 0. The molecule has 1 radical (unpaired) electrons. The highest BCUT2D eigenvalue weighted by atomic mass is 16.7. The largest absolute Gasteiger partial charge is 0.508 e. The highest BCUT2D eigenvalue weighted by molar-refractivity contribution is 5.60. The summed E-state index contributed by atoms with van der Waals surface area (Å²) < 4.78 is 19.8. The lowest BCUT2D eigenvalue weighted by Crippen LogP contribution is -2.24. The molecule has 1 fully saturated rings. The van der Waals surface area contributed by atoms with Crippen LogP contribution in [-0.2, 0) is 18.9 Å². The van der Waals surface area contributed by atoms with E-state index >= 15 is 0 Å². The molecule has 0 aromatic carbocycles. The Balaban J connectivity index is 1.93. The van der Waals surface area contributed by atoms with Crippen molar-refractivity contribution < 1.29 is 23.7 Å². The maximum atomic E-state index is 10.7. The Kier molecular flexibility index (Phi) is 6.11. The van der Waals surface area contributed by atoms with E-state index in [1.807, 2.05) is 0 Å². The summed E-state index contributed by atoms with van der Waals surface area (Å²) in [5, 5.41) is 0. The molecular weight excluding hydrogens is 200 g/mol. The van der Waals surface area contributed by atoms with Crippen LogP contribution < -0.4 is 0 Å². The van der Waals surface area contributed by atoms with E-state index < -0.39 is 6.16 Å². The van der Waals surface area contributed by atoms with Crippen molar-refractivity contribution in [3.05, 3.63) is 6.61 Å². The number of carbonyl (C=O) groups excluding carboxylic acids is 1. The van der Waals surface area contributed by atoms with E-state index in [2.05, 4.69) is 4.74 Å². The fourth-order valence-corrected chi connectivity index (χ4v) is 1.28. The summed E-state index contributed by atoms with van der Waals surface area (Å²) in [6, 6.07) is 0. The Hall–Kier alpha value is -0.810. The molecule has 1 aliphatic rings. The van der Waals surface area contributed by atoms with Gasteiger partial charge in [-0.25, -0.2) is 4.79 Å². The zero-order valence-corrected chi connectivity index (χ0v) is 8.94. The van der Waals surface area contributed by atoms with E-state index in [4.69, 9.17) is 14.2 Å². The molecule has 1 saturated heterocycles. The molecule has 0 saturated carbocycles. The molecule has 0 spiro atoms. The molecule has 0 aliphatic carbocycles. The molecule has 1 aliphatic heterocycles. The molecule has 0 bridgehead atoms. The molecule has 1 rings (SSSR count). The van der Waals surface area contributed by atoms with Gasteiger partial charge in [0.25, 0.3) is 0 Å². The first kappa shape index (κ1) is 12.3. The van der Waals surface area contributed by atoms with Gasteiger partial charge in [0.05, 0.1) is 6.61 Å². The van der Waals surface area contributed by atoms with Gasteiger partial charge < -0.3 is 18.9 Å². The lowest BCUT2D eigenvalue weighted by atomic mass is 10.2. The maximum absolute atomic E-state index is 10.7. The van der Waals surface area contributed by atoms with Crippen LogP contribution in [0.2, 0.25) is 0 Å². The van der Waals surface area contributed by atoms with Gasteiger partial charge in [0.2, 0.25) is 0 Å². The molecule has 1 atom stereocenters. The second-order valence-electron chi connectivity index (χ2n) is 3.12. The van der Waals surface area contributed by atoms with Gasteiger partial charge in [-0.15, -0.1) is 0 Å². The summed E-state index contributed by atoms with van der Waals surface area (Å²) in [5.74, 6) is 0. The smallest absolute Gasteiger partial charge is 0.432 e. The van der Waals surface area contributed by atoms with Crippen LogP contribution in [0.4, 0.5) is 4.79 Å². The number of rotatable bonds is 5. The zero-order valence-electron chi connectivity index (χ0n) is 8.94. The molecule has 1 unspecified atom stereocenters. The first-order chi connectivity index (χ1) is 7.33. The summed E-state index contributed by atoms with van der Waals surface area (Å²) in [6.45, 7) is 4.15. The van der Waals surface area contributed by atoms with Crippen molar-refractivity contribution in [2.24, 2.45) is 0 Å². The van der Waals surface area contributed by atoms with Crippen LogP contribution in [0.1, 0.15) is 26.2 Å². The Labute approximate surface area is 89.6 Å². The second kappa shape index (κ2) is 7.48. The summed E-state index contributed by atoms with van der Waals surface area (Å²) in [6.07, 6.45) is 2.28. The van der Waals surface area contributed by atoms with Crippen molar-refractivity contribution in [2.45, 2.75) is 32.5 Å². The molecule has 1 heterocycles. The van der Waals surface area contributed by atoms with Crippen molar-refractivity contribution in [1.29, 1.82) is 0 Å². The van der Waals surface area contributed by atoms with E-state index in [1.165, 1.54) is 6.61 Å². The quantitative estimate of drug-likeness (QED) is 0.519. The van der Waals surface area contributed by atoms with Gasteiger partial charge in [-0.1, -0.05) is 0 Å². The van der Waals surface area contributed by atoms with E-state index in [0.29, 0.717) is 6.61 Å². The van der Waals surface area contributed by atoms with Crippen LogP contribution in [0.3, 0.4) is 0 Å². The van der Waals surface area contributed by atoms with Crippen molar-refractivity contribution >= 4 is 6.16 Å². The van der Waals surface area contributed by atoms with Crippen LogP contribution in [0.25, 0.3) is 0 Å². The molecule has 15 heavy (non-hydrogen) atoms. The third-order valence-electron chi connectivity index (χ3n) is 1.96. The molecule has 5 nitrogen and oxygen atoms in total. The fourth-order valence-electron chi connectivity index (χ4n) is 1.28. The average Bonchev–Trinajstić information content (AvgIpc) is 2.26. The van der Waals surface area contributed by atoms with Gasteiger partial charge in [0, 0.05) is 6.61 Å². The van der Waals surface area contributed by atoms with Crippen LogP contribution >= 0.6 is 0 Å². The van der Waals surface area contributed by atoms with Crippen molar-refractivity contribution in [3.63, 3.8) is 0 Å². The van der Waals surface area contributed by atoms with E-state index in [-0.39, 0.29) is 12.9 Å². The molecule has 87 valence electrons. The van der Waals surface area contributed by atoms with E-state index in [0.717, 1.165) is 25.9 Å². The minimum Gasteiger partial charge on any atom is -0.432 e. The molecular formula is C10H17O5. The van der Waals surface area contributed by atoms with Gasteiger partial charge in [0.1, 0.15) is 13.2 Å². The molecule has 0 amide bonds. The lowest BCUT2D eigenvalue weighted by molar-refractivity contribution is -0.167. The van der Waals surface area contributed by atoms with Crippen molar-refractivity contribution in [2.75, 3.05) is 19.8 Å². The predicted molar refractivity (Wildman–Crippen MR) is 52.0 cm³/mol. The lowest BCUT2D eigenvalue weighted by Gasteiger charge is -2.22. The van der Waals surface area contributed by atoms with Gasteiger partial charge >= 0.3 is 6.16 Å². The predicted octanol–water partition coefficient (Wildman–Crippen LogP) is 1.86. The first-order valence-electron chi connectivity index (χ1n) is 5.17. The van der Waals surface area contributed by atoms with Crippen molar-refractivity contribution in [1.82, 2.24) is 0 Å². The molecule has 0 aromatic rings. The zero-order chi connectivity index (χ0) is 10.9. The van der Waals surface area contributed by atoms with Gasteiger partial charge in [0.15, 0.2) is 6.29 Å². The summed E-state index contributed by atoms with van der Waals surface area (Å²) in [7, 11) is 0. The highest BCUT2D eigenvalue weighted by Gasteiger charge is 2.13. The SMILES string of the molecule is C[CH]OC(=O)OCCOC1CCCCO1. The van der Waals surface area contributed by atoms with Crippen LogP contribution in [0.15, 0.2) is 0 Å². The normalized spacial score (nSPS) is 21.0. The summed E-state index contributed by atoms with van der Waals surface area (Å²) in [4.78, 5) is 10.7. The number of carbonyl (C=O) groups is 1. The average molecular weight is 217 g/mol. The topological polar surface area (TPSA) is 54.0 Å². The first-order valence-corrected chi connectivity index (χ1v) is 5.17. The summed E-state index contributed by atoms with van der Waals surface area (Å²) >= 11 is 0. The van der Waals surface area contributed by atoms with Crippen molar-refractivity contribution in [3.8, 4) is 0 Å². The maximum Gasteiger partial charge on any atom is 0.508 e. The molecule has 5 heteroatoms. The van der Waals surface area contributed by atoms with Crippen LogP contribution in [0.5, 0.6) is 0 Å². The third-order valence-corrected chi connectivity index (χ3v) is 1.96. The van der Waals surface area contributed by atoms with E-state index in [9.17, 15) is 4.79 Å². The Morgan fingerprint density at radius 1 is 1.47 bits per heavy atom. The number of hydrogen-bond acceptors (Lipinski definition) is 5. The number of ether oxygens (including phenoxy) is 4. The van der Waals surface area contributed by atoms with Crippen LogP contribution in [-0.4, -0.2) is 32.3 Å².